The summed E-state index contributed by atoms with van der Waals surface area (Å²) in [5.41, 5.74) is 3.08. The molecule has 0 radical (unpaired) electrons. The zero-order valence-corrected chi connectivity index (χ0v) is 10.7. The van der Waals surface area contributed by atoms with Gasteiger partial charge in [0.15, 0.2) is 0 Å². The van der Waals surface area contributed by atoms with Gasteiger partial charge in [0.2, 0.25) is 0 Å². The lowest BCUT2D eigenvalue weighted by Gasteiger charge is -2.21. The first-order chi connectivity index (χ1) is 8.16. The first-order valence-corrected chi connectivity index (χ1v) is 6.72. The molecule has 2 N–H and O–H groups in total. The Balaban J connectivity index is 1.81. The van der Waals surface area contributed by atoms with E-state index in [1.165, 1.54) is 25.7 Å². The second-order valence-corrected chi connectivity index (χ2v) is 5.75. The number of hydrogen-bond donors (Lipinski definition) is 2. The largest absolute Gasteiger partial charge is 0.507 e. The molecule has 0 aromatic heterocycles. The van der Waals surface area contributed by atoms with Crippen LogP contribution in [0, 0.1) is 25.7 Å². The Labute approximate surface area is 103 Å². The molecule has 3 rings (SSSR count). The molecular formula is C15H21NO. The van der Waals surface area contributed by atoms with Gasteiger partial charge in [-0.2, -0.15) is 0 Å². The van der Waals surface area contributed by atoms with E-state index in [1.807, 2.05) is 19.9 Å². The number of anilines is 1. The molecule has 2 heteroatoms. The fourth-order valence-corrected chi connectivity index (χ4v) is 2.70. The van der Waals surface area contributed by atoms with Crippen LogP contribution in [-0.2, 0) is 0 Å². The summed E-state index contributed by atoms with van der Waals surface area (Å²) >= 11 is 0. The van der Waals surface area contributed by atoms with Gasteiger partial charge in [0.25, 0.3) is 0 Å². The molecular weight excluding hydrogens is 210 g/mol. The molecule has 0 saturated heterocycles. The highest BCUT2D eigenvalue weighted by Gasteiger charge is 2.41. The monoisotopic (exact) mass is 231 g/mol. The van der Waals surface area contributed by atoms with Crippen LogP contribution in [0.4, 0.5) is 5.69 Å². The maximum Gasteiger partial charge on any atom is 0.123 e. The van der Waals surface area contributed by atoms with E-state index in [0.717, 1.165) is 28.7 Å². The van der Waals surface area contributed by atoms with Crippen molar-refractivity contribution in [2.24, 2.45) is 11.8 Å². The molecule has 0 amide bonds. The summed E-state index contributed by atoms with van der Waals surface area (Å²) in [6.07, 6.45) is 5.52. The third-order valence-corrected chi connectivity index (χ3v) is 4.21. The second kappa shape index (κ2) is 3.94. The van der Waals surface area contributed by atoms with Crippen LogP contribution in [0.5, 0.6) is 5.75 Å². The van der Waals surface area contributed by atoms with Crippen molar-refractivity contribution in [2.45, 2.75) is 45.6 Å². The van der Waals surface area contributed by atoms with Crippen molar-refractivity contribution >= 4 is 5.69 Å². The van der Waals surface area contributed by atoms with E-state index in [0.29, 0.717) is 11.8 Å². The van der Waals surface area contributed by atoms with Crippen molar-refractivity contribution in [1.29, 1.82) is 0 Å². The molecule has 2 nitrogen and oxygen atoms in total. The lowest BCUT2D eigenvalue weighted by atomic mass is 10.0. The molecule has 0 spiro atoms. The molecule has 17 heavy (non-hydrogen) atoms. The fraction of sp³-hybridized carbons (Fsp3) is 0.600. The average Bonchev–Trinajstić information content (AvgIpc) is 3.16. The zero-order valence-electron chi connectivity index (χ0n) is 10.7. The number of benzene rings is 1. The summed E-state index contributed by atoms with van der Waals surface area (Å²) < 4.78 is 0. The van der Waals surface area contributed by atoms with Crippen LogP contribution in [-0.4, -0.2) is 11.1 Å². The van der Waals surface area contributed by atoms with Crippen LogP contribution in [0.25, 0.3) is 0 Å². The molecule has 0 heterocycles. The Bertz CT molecular complexity index is 421. The number of phenols is 1. The van der Waals surface area contributed by atoms with Gasteiger partial charge >= 0.3 is 0 Å². The Hall–Kier alpha value is -1.18. The van der Waals surface area contributed by atoms with E-state index in [9.17, 15) is 5.11 Å². The lowest BCUT2D eigenvalue weighted by molar-refractivity contribution is 0.466. The van der Waals surface area contributed by atoms with Crippen LogP contribution in [0.15, 0.2) is 12.1 Å². The number of aromatic hydroxyl groups is 1. The number of phenolic OH excluding ortho intramolecular Hbond substituents is 1. The molecule has 2 fully saturated rings. The van der Waals surface area contributed by atoms with Gasteiger partial charge in [-0.15, -0.1) is 0 Å². The number of rotatable bonds is 4. The van der Waals surface area contributed by atoms with Gasteiger partial charge in [-0.1, -0.05) is 6.07 Å². The molecule has 0 unspecified atom stereocenters. The highest BCUT2D eigenvalue weighted by molar-refractivity contribution is 5.59. The Morgan fingerprint density at radius 3 is 2.24 bits per heavy atom. The quantitative estimate of drug-likeness (QED) is 0.829. The highest BCUT2D eigenvalue weighted by Crippen LogP contribution is 2.46. The first kappa shape index (κ1) is 10.9. The predicted octanol–water partition coefficient (Wildman–Crippen LogP) is 3.61. The zero-order chi connectivity index (χ0) is 12.0. The fourth-order valence-electron chi connectivity index (χ4n) is 2.70. The van der Waals surface area contributed by atoms with E-state index in [4.69, 9.17) is 0 Å². The molecule has 0 bridgehead atoms. The first-order valence-electron chi connectivity index (χ1n) is 6.72. The van der Waals surface area contributed by atoms with Crippen LogP contribution in [0.2, 0.25) is 0 Å². The number of nitrogens with one attached hydrogen (secondary N) is 1. The van der Waals surface area contributed by atoms with E-state index >= 15 is 0 Å². The van der Waals surface area contributed by atoms with Gasteiger partial charge in [-0.3, -0.25) is 0 Å². The molecule has 0 aliphatic heterocycles. The van der Waals surface area contributed by atoms with Crippen molar-refractivity contribution in [3.8, 4) is 5.75 Å². The third kappa shape index (κ3) is 2.13. The van der Waals surface area contributed by atoms with Crippen molar-refractivity contribution in [2.75, 3.05) is 5.32 Å². The van der Waals surface area contributed by atoms with Gasteiger partial charge in [0.1, 0.15) is 5.75 Å². The summed E-state index contributed by atoms with van der Waals surface area (Å²) in [6.45, 7) is 3.95. The molecule has 2 aliphatic carbocycles. The summed E-state index contributed by atoms with van der Waals surface area (Å²) in [4.78, 5) is 0. The minimum atomic E-state index is 0.445. The predicted molar refractivity (Wildman–Crippen MR) is 70.4 cm³/mol. The Kier molecular flexibility index (Phi) is 2.53. The summed E-state index contributed by atoms with van der Waals surface area (Å²) in [5, 5.41) is 13.6. The maximum absolute atomic E-state index is 9.97. The van der Waals surface area contributed by atoms with Crippen molar-refractivity contribution in [3.63, 3.8) is 0 Å². The van der Waals surface area contributed by atoms with Crippen LogP contribution < -0.4 is 5.32 Å². The topological polar surface area (TPSA) is 32.3 Å². The molecule has 0 atom stereocenters. The van der Waals surface area contributed by atoms with E-state index < -0.39 is 0 Å². The number of aryl methyl sites for hydroxylation is 1. The molecule has 1 aromatic carbocycles. The Morgan fingerprint density at radius 1 is 1.12 bits per heavy atom. The van der Waals surface area contributed by atoms with Gasteiger partial charge < -0.3 is 10.4 Å². The van der Waals surface area contributed by atoms with Crippen LogP contribution in [0.1, 0.15) is 36.8 Å². The van der Waals surface area contributed by atoms with Crippen molar-refractivity contribution in [3.05, 3.63) is 23.3 Å². The highest BCUT2D eigenvalue weighted by atomic mass is 16.3. The standard InChI is InChI=1S/C15H21NO/c1-9-3-8-13(10(2)15(9)17)16-14(11-4-5-11)12-6-7-12/h3,8,11-12,14,16-17H,4-7H2,1-2H3. The van der Waals surface area contributed by atoms with Crippen LogP contribution in [0.3, 0.4) is 0 Å². The number of hydrogen-bond acceptors (Lipinski definition) is 2. The van der Waals surface area contributed by atoms with E-state index in [1.54, 1.807) is 0 Å². The second-order valence-electron chi connectivity index (χ2n) is 5.75. The van der Waals surface area contributed by atoms with E-state index in [2.05, 4.69) is 11.4 Å². The van der Waals surface area contributed by atoms with Gasteiger partial charge in [-0.25, -0.2) is 0 Å². The molecule has 92 valence electrons. The molecule has 1 aromatic rings. The normalized spacial score (nSPS) is 19.7. The average molecular weight is 231 g/mol. The van der Waals surface area contributed by atoms with Crippen LogP contribution >= 0.6 is 0 Å². The third-order valence-electron chi connectivity index (χ3n) is 4.21. The Morgan fingerprint density at radius 2 is 1.71 bits per heavy atom. The van der Waals surface area contributed by atoms with Gasteiger partial charge in [0, 0.05) is 17.3 Å². The summed E-state index contributed by atoms with van der Waals surface area (Å²) in [5.74, 6) is 2.20. The SMILES string of the molecule is Cc1ccc(NC(C2CC2)C2CC2)c(C)c1O. The van der Waals surface area contributed by atoms with Gasteiger partial charge in [-0.05, 0) is 63.0 Å². The summed E-state index contributed by atoms with van der Waals surface area (Å²) in [7, 11) is 0. The van der Waals surface area contributed by atoms with Gasteiger partial charge in [0.05, 0.1) is 0 Å². The maximum atomic E-state index is 9.97. The van der Waals surface area contributed by atoms with E-state index in [-0.39, 0.29) is 0 Å². The minimum Gasteiger partial charge on any atom is -0.507 e. The lowest BCUT2D eigenvalue weighted by Crippen LogP contribution is -2.24. The van der Waals surface area contributed by atoms with Crippen molar-refractivity contribution < 1.29 is 5.11 Å². The molecule has 2 aliphatic rings. The molecule has 2 saturated carbocycles. The van der Waals surface area contributed by atoms with Crippen molar-refractivity contribution in [1.82, 2.24) is 0 Å². The summed E-state index contributed by atoms with van der Waals surface area (Å²) in [6, 6.07) is 4.76. The smallest absolute Gasteiger partial charge is 0.123 e. The minimum absolute atomic E-state index is 0.445.